The van der Waals surface area contributed by atoms with E-state index in [2.05, 4.69) is 4.90 Å². The third-order valence-electron chi connectivity index (χ3n) is 5.18. The molecule has 2 saturated heterocycles. The topological polar surface area (TPSA) is 53.1 Å². The summed E-state index contributed by atoms with van der Waals surface area (Å²) in [5.41, 5.74) is -2.00. The molecule has 3 rings (SSSR count). The first-order chi connectivity index (χ1) is 10.3. The first-order valence-electron chi connectivity index (χ1n) is 7.74. The standard InChI is InChI=1S/C15H24FN3O3/c1-17(2)11-6-19(13(21)15(16)4-5-15)9-14(11)8-18(3)12(20)7-22-10-14/h11H,4-10H2,1-3H3/t11-,14-/m1/s1. The van der Waals surface area contributed by atoms with Crippen molar-refractivity contribution in [2.24, 2.45) is 5.41 Å². The number of hydrogen-bond donors (Lipinski definition) is 0. The number of likely N-dealkylation sites (tertiary alicyclic amines) is 1. The molecule has 0 unspecified atom stereocenters. The summed E-state index contributed by atoms with van der Waals surface area (Å²) in [6, 6.07) is 0.0483. The highest BCUT2D eigenvalue weighted by atomic mass is 19.1. The summed E-state index contributed by atoms with van der Waals surface area (Å²) in [7, 11) is 5.67. The SMILES string of the molecule is CN1C[C@]2(COCC1=O)CN(C(=O)C1(F)CC1)C[C@H]2N(C)C. The van der Waals surface area contributed by atoms with Crippen molar-refractivity contribution in [3.63, 3.8) is 0 Å². The van der Waals surface area contributed by atoms with Gasteiger partial charge in [-0.1, -0.05) is 0 Å². The fourth-order valence-corrected chi connectivity index (χ4v) is 3.78. The summed E-state index contributed by atoms with van der Waals surface area (Å²) < 4.78 is 19.7. The van der Waals surface area contributed by atoms with Crippen molar-refractivity contribution in [2.75, 3.05) is 54.0 Å². The number of carbonyl (C=O) groups is 2. The Labute approximate surface area is 130 Å². The Hall–Kier alpha value is -1.21. The van der Waals surface area contributed by atoms with Crippen LogP contribution in [0.3, 0.4) is 0 Å². The van der Waals surface area contributed by atoms with E-state index >= 15 is 0 Å². The molecular formula is C15H24FN3O3. The van der Waals surface area contributed by atoms with Gasteiger partial charge in [-0.25, -0.2) is 4.39 Å². The van der Waals surface area contributed by atoms with Gasteiger partial charge in [0.25, 0.3) is 5.91 Å². The van der Waals surface area contributed by atoms with Crippen LogP contribution >= 0.6 is 0 Å². The fourth-order valence-electron chi connectivity index (χ4n) is 3.78. The highest BCUT2D eigenvalue weighted by Gasteiger charge is 2.58. The Kier molecular flexibility index (Phi) is 3.68. The van der Waals surface area contributed by atoms with E-state index in [1.165, 1.54) is 0 Å². The van der Waals surface area contributed by atoms with Crippen molar-refractivity contribution in [3.8, 4) is 0 Å². The molecule has 22 heavy (non-hydrogen) atoms. The second-order valence-electron chi connectivity index (χ2n) is 7.24. The van der Waals surface area contributed by atoms with Crippen LogP contribution in [0.4, 0.5) is 4.39 Å². The van der Waals surface area contributed by atoms with Crippen LogP contribution in [0.1, 0.15) is 12.8 Å². The number of amides is 2. The monoisotopic (exact) mass is 313 g/mol. The Morgan fingerprint density at radius 2 is 2.05 bits per heavy atom. The molecule has 0 radical (unpaired) electrons. The first-order valence-corrected chi connectivity index (χ1v) is 7.74. The molecule has 2 aliphatic heterocycles. The van der Waals surface area contributed by atoms with Crippen molar-refractivity contribution < 1.29 is 18.7 Å². The number of halogens is 1. The minimum absolute atomic E-state index is 0.0483. The van der Waals surface area contributed by atoms with Crippen molar-refractivity contribution in [3.05, 3.63) is 0 Å². The molecule has 0 aromatic heterocycles. The van der Waals surface area contributed by atoms with Crippen LogP contribution in [-0.4, -0.2) is 92.2 Å². The number of rotatable bonds is 2. The first kappa shape index (κ1) is 15.7. The smallest absolute Gasteiger partial charge is 0.260 e. The van der Waals surface area contributed by atoms with Crippen molar-refractivity contribution in [1.82, 2.24) is 14.7 Å². The largest absolute Gasteiger partial charge is 0.371 e. The minimum Gasteiger partial charge on any atom is -0.371 e. The number of alkyl halides is 1. The lowest BCUT2D eigenvalue weighted by Gasteiger charge is -2.37. The summed E-state index contributed by atoms with van der Waals surface area (Å²) in [6.45, 7) is 1.94. The van der Waals surface area contributed by atoms with Gasteiger partial charge < -0.3 is 19.4 Å². The quantitative estimate of drug-likeness (QED) is 0.705. The van der Waals surface area contributed by atoms with Gasteiger partial charge in [0.2, 0.25) is 5.91 Å². The van der Waals surface area contributed by atoms with Gasteiger partial charge in [-0.15, -0.1) is 0 Å². The second-order valence-corrected chi connectivity index (χ2v) is 7.24. The molecule has 7 heteroatoms. The number of hydrogen-bond acceptors (Lipinski definition) is 4. The van der Waals surface area contributed by atoms with E-state index in [9.17, 15) is 14.0 Å². The zero-order valence-electron chi connectivity index (χ0n) is 13.5. The molecular weight excluding hydrogens is 289 g/mol. The summed E-state index contributed by atoms with van der Waals surface area (Å²) in [5.74, 6) is -0.447. The molecule has 2 amide bonds. The van der Waals surface area contributed by atoms with E-state index in [1.807, 2.05) is 14.1 Å². The second kappa shape index (κ2) is 5.16. The van der Waals surface area contributed by atoms with E-state index in [4.69, 9.17) is 4.74 Å². The summed E-state index contributed by atoms with van der Waals surface area (Å²) >= 11 is 0. The molecule has 124 valence electrons. The maximum Gasteiger partial charge on any atom is 0.260 e. The molecule has 3 aliphatic rings. The van der Waals surface area contributed by atoms with Crippen LogP contribution < -0.4 is 0 Å². The number of ether oxygens (including phenoxy) is 1. The molecule has 6 nitrogen and oxygen atoms in total. The molecule has 1 saturated carbocycles. The summed E-state index contributed by atoms with van der Waals surface area (Å²) in [4.78, 5) is 29.6. The molecule has 1 aliphatic carbocycles. The molecule has 0 aromatic carbocycles. The Bertz CT molecular complexity index is 494. The third kappa shape index (κ3) is 2.50. The predicted octanol–water partition coefficient (Wildman–Crippen LogP) is -0.264. The van der Waals surface area contributed by atoms with Crippen molar-refractivity contribution in [1.29, 1.82) is 0 Å². The molecule has 0 aromatic rings. The van der Waals surface area contributed by atoms with Crippen LogP contribution in [0.25, 0.3) is 0 Å². The lowest BCUT2D eigenvalue weighted by molar-refractivity contribution is -0.137. The van der Waals surface area contributed by atoms with Gasteiger partial charge >= 0.3 is 0 Å². The normalized spacial score (nSPS) is 34.4. The van der Waals surface area contributed by atoms with Crippen LogP contribution in [0.2, 0.25) is 0 Å². The third-order valence-corrected chi connectivity index (χ3v) is 5.18. The van der Waals surface area contributed by atoms with E-state index in [0.717, 1.165) is 0 Å². The lowest BCUT2D eigenvalue weighted by atomic mass is 9.82. The van der Waals surface area contributed by atoms with E-state index in [0.29, 0.717) is 39.1 Å². The average molecular weight is 313 g/mol. The zero-order valence-corrected chi connectivity index (χ0v) is 13.5. The number of carbonyl (C=O) groups excluding carboxylic acids is 2. The zero-order chi connectivity index (χ0) is 16.1. The van der Waals surface area contributed by atoms with Crippen LogP contribution in [0.5, 0.6) is 0 Å². The van der Waals surface area contributed by atoms with E-state index in [1.54, 1.807) is 16.8 Å². The Balaban J connectivity index is 1.84. The number of likely N-dealkylation sites (N-methyl/N-ethyl adjacent to an activating group) is 2. The molecule has 1 spiro atoms. The highest BCUT2D eigenvalue weighted by molar-refractivity contribution is 5.88. The van der Waals surface area contributed by atoms with Crippen molar-refractivity contribution >= 4 is 11.8 Å². The van der Waals surface area contributed by atoms with Crippen LogP contribution in [-0.2, 0) is 14.3 Å². The minimum atomic E-state index is -1.64. The maximum absolute atomic E-state index is 14.1. The van der Waals surface area contributed by atoms with Gasteiger partial charge in [0.05, 0.1) is 6.61 Å². The summed E-state index contributed by atoms with van der Waals surface area (Å²) in [5, 5.41) is 0. The molecule has 2 atom stereocenters. The van der Waals surface area contributed by atoms with Gasteiger partial charge in [-0.05, 0) is 26.9 Å². The summed E-state index contributed by atoms with van der Waals surface area (Å²) in [6.07, 6.45) is 0.660. The van der Waals surface area contributed by atoms with E-state index < -0.39 is 11.6 Å². The van der Waals surface area contributed by atoms with Gasteiger partial charge in [-0.3, -0.25) is 9.59 Å². The Morgan fingerprint density at radius 3 is 2.64 bits per heavy atom. The fraction of sp³-hybridized carbons (Fsp3) is 0.867. The molecule has 0 bridgehead atoms. The van der Waals surface area contributed by atoms with Crippen molar-refractivity contribution in [2.45, 2.75) is 24.6 Å². The van der Waals surface area contributed by atoms with Gasteiger partial charge in [0.15, 0.2) is 5.67 Å². The maximum atomic E-state index is 14.1. The highest BCUT2D eigenvalue weighted by Crippen LogP contribution is 2.44. The molecule has 2 heterocycles. The van der Waals surface area contributed by atoms with Crippen LogP contribution in [0, 0.1) is 5.41 Å². The lowest BCUT2D eigenvalue weighted by Crippen LogP contribution is -2.51. The Morgan fingerprint density at radius 1 is 1.36 bits per heavy atom. The number of nitrogens with zero attached hydrogens (tertiary/aromatic N) is 3. The van der Waals surface area contributed by atoms with Gasteiger partial charge in [0.1, 0.15) is 6.61 Å². The average Bonchev–Trinajstić information content (AvgIpc) is 3.11. The molecule has 0 N–H and O–H groups in total. The van der Waals surface area contributed by atoms with Gasteiger partial charge in [0, 0.05) is 38.1 Å². The van der Waals surface area contributed by atoms with Crippen LogP contribution in [0.15, 0.2) is 0 Å². The predicted molar refractivity (Wildman–Crippen MR) is 78.0 cm³/mol. The van der Waals surface area contributed by atoms with Gasteiger partial charge in [-0.2, -0.15) is 0 Å². The molecule has 3 fully saturated rings. The van der Waals surface area contributed by atoms with E-state index in [-0.39, 0.29) is 24.0 Å².